The zero-order valence-corrected chi connectivity index (χ0v) is 7.99. The molecule has 1 heterocycles. The lowest BCUT2D eigenvalue weighted by Gasteiger charge is -2.13. The molecule has 1 rings (SSSR count). The lowest BCUT2D eigenvalue weighted by atomic mass is 10.4. The van der Waals surface area contributed by atoms with Crippen LogP contribution in [0.4, 0.5) is 0 Å². The highest BCUT2D eigenvalue weighted by Crippen LogP contribution is 2.08. The van der Waals surface area contributed by atoms with Crippen molar-refractivity contribution in [1.82, 2.24) is 5.01 Å². The van der Waals surface area contributed by atoms with E-state index in [2.05, 4.69) is 5.10 Å². The molecule has 0 N–H and O–H groups in total. The van der Waals surface area contributed by atoms with Gasteiger partial charge in [0.05, 0.1) is 6.61 Å². The Hall–Kier alpha value is -1.32. The van der Waals surface area contributed by atoms with E-state index in [9.17, 15) is 4.79 Å². The second-order valence-corrected chi connectivity index (χ2v) is 2.75. The molecule has 0 aromatic carbocycles. The van der Waals surface area contributed by atoms with Crippen LogP contribution in [-0.2, 0) is 9.53 Å². The summed E-state index contributed by atoms with van der Waals surface area (Å²) in [5.41, 5.74) is 0.826. The van der Waals surface area contributed by atoms with Crippen molar-refractivity contribution in [1.29, 1.82) is 0 Å². The number of hydrogen-bond donors (Lipinski definition) is 0. The summed E-state index contributed by atoms with van der Waals surface area (Å²) in [5.74, 6) is -0.304. The van der Waals surface area contributed by atoms with Crippen LogP contribution in [0.3, 0.4) is 0 Å². The fraction of sp³-hybridized carbons (Fsp3) is 0.556. The van der Waals surface area contributed by atoms with Gasteiger partial charge in [0, 0.05) is 31.0 Å². The standard InChI is InChI=1S/C9H14N2O2/c1-3-13-9(12)7-8(2)11-6-4-5-10-11/h5,7H,3-4,6H2,1-2H3/b8-7+. The van der Waals surface area contributed by atoms with Crippen LogP contribution in [0.2, 0.25) is 0 Å². The second kappa shape index (κ2) is 4.64. The van der Waals surface area contributed by atoms with E-state index in [1.54, 1.807) is 11.9 Å². The van der Waals surface area contributed by atoms with Crippen molar-refractivity contribution >= 4 is 12.2 Å². The van der Waals surface area contributed by atoms with Crippen LogP contribution in [-0.4, -0.2) is 30.3 Å². The molecular weight excluding hydrogens is 168 g/mol. The summed E-state index contributed by atoms with van der Waals surface area (Å²) in [4.78, 5) is 11.0. The van der Waals surface area contributed by atoms with Crippen molar-refractivity contribution in [2.24, 2.45) is 5.10 Å². The Kier molecular flexibility index (Phi) is 3.49. The maximum atomic E-state index is 11.0. The number of rotatable bonds is 3. The number of hydrogen-bond acceptors (Lipinski definition) is 4. The smallest absolute Gasteiger partial charge is 0.332 e. The molecule has 0 fully saturated rings. The first kappa shape index (κ1) is 9.77. The molecule has 0 saturated carbocycles. The molecule has 0 aliphatic carbocycles. The fourth-order valence-corrected chi connectivity index (χ4v) is 1.09. The first-order valence-corrected chi connectivity index (χ1v) is 4.39. The Morgan fingerprint density at radius 3 is 3.08 bits per heavy atom. The quantitative estimate of drug-likeness (QED) is 0.485. The summed E-state index contributed by atoms with van der Waals surface area (Å²) in [5, 5.41) is 5.87. The minimum Gasteiger partial charge on any atom is -0.463 e. The zero-order chi connectivity index (χ0) is 9.68. The Balaban J connectivity index is 2.49. The highest BCUT2D eigenvalue weighted by Gasteiger charge is 2.08. The van der Waals surface area contributed by atoms with E-state index in [0.29, 0.717) is 6.61 Å². The third-order valence-electron chi connectivity index (χ3n) is 1.71. The minimum atomic E-state index is -0.304. The van der Waals surface area contributed by atoms with Crippen LogP contribution >= 0.6 is 0 Å². The monoisotopic (exact) mass is 182 g/mol. The van der Waals surface area contributed by atoms with E-state index in [1.165, 1.54) is 6.08 Å². The van der Waals surface area contributed by atoms with Crippen LogP contribution in [0.1, 0.15) is 20.3 Å². The normalized spacial score (nSPS) is 16.5. The van der Waals surface area contributed by atoms with Gasteiger partial charge in [-0.25, -0.2) is 4.79 Å². The summed E-state index contributed by atoms with van der Waals surface area (Å²) in [6.07, 6.45) is 4.24. The van der Waals surface area contributed by atoms with Crippen LogP contribution in [0, 0.1) is 0 Å². The molecule has 4 nitrogen and oxygen atoms in total. The van der Waals surface area contributed by atoms with Gasteiger partial charge in [-0.15, -0.1) is 0 Å². The van der Waals surface area contributed by atoms with Crippen LogP contribution in [0.5, 0.6) is 0 Å². The first-order chi connectivity index (χ1) is 6.24. The van der Waals surface area contributed by atoms with E-state index < -0.39 is 0 Å². The molecule has 0 radical (unpaired) electrons. The largest absolute Gasteiger partial charge is 0.463 e. The van der Waals surface area contributed by atoms with Crippen LogP contribution in [0.15, 0.2) is 16.9 Å². The van der Waals surface area contributed by atoms with Gasteiger partial charge in [-0.1, -0.05) is 0 Å². The van der Waals surface area contributed by atoms with Crippen LogP contribution < -0.4 is 0 Å². The molecule has 13 heavy (non-hydrogen) atoms. The Labute approximate surface area is 77.9 Å². The van der Waals surface area contributed by atoms with E-state index >= 15 is 0 Å². The van der Waals surface area contributed by atoms with E-state index in [1.807, 2.05) is 13.1 Å². The molecule has 1 aliphatic rings. The van der Waals surface area contributed by atoms with E-state index in [4.69, 9.17) is 4.74 Å². The van der Waals surface area contributed by atoms with Gasteiger partial charge in [0.1, 0.15) is 0 Å². The van der Waals surface area contributed by atoms with Crippen molar-refractivity contribution in [2.45, 2.75) is 20.3 Å². The first-order valence-electron chi connectivity index (χ1n) is 4.39. The topological polar surface area (TPSA) is 41.9 Å². The number of hydrazone groups is 1. The van der Waals surface area contributed by atoms with Gasteiger partial charge in [-0.3, -0.25) is 5.01 Å². The maximum absolute atomic E-state index is 11.0. The molecule has 0 amide bonds. The highest BCUT2D eigenvalue weighted by atomic mass is 16.5. The predicted molar refractivity (Wildman–Crippen MR) is 50.2 cm³/mol. The summed E-state index contributed by atoms with van der Waals surface area (Å²) in [7, 11) is 0. The van der Waals surface area contributed by atoms with Crippen molar-refractivity contribution in [3.05, 3.63) is 11.8 Å². The number of nitrogens with zero attached hydrogens (tertiary/aromatic N) is 2. The maximum Gasteiger partial charge on any atom is 0.332 e. The third kappa shape index (κ3) is 2.89. The van der Waals surface area contributed by atoms with Gasteiger partial charge in [0.2, 0.25) is 0 Å². The molecule has 0 aromatic rings. The van der Waals surface area contributed by atoms with Gasteiger partial charge < -0.3 is 4.74 Å². The lowest BCUT2D eigenvalue weighted by Crippen LogP contribution is -2.13. The van der Waals surface area contributed by atoms with Crippen molar-refractivity contribution in [3.63, 3.8) is 0 Å². The van der Waals surface area contributed by atoms with Gasteiger partial charge in [0.15, 0.2) is 0 Å². The van der Waals surface area contributed by atoms with Crippen molar-refractivity contribution in [2.75, 3.05) is 13.2 Å². The molecule has 0 saturated heterocycles. The summed E-state index contributed by atoms with van der Waals surface area (Å²) >= 11 is 0. The van der Waals surface area contributed by atoms with Crippen molar-refractivity contribution in [3.8, 4) is 0 Å². The highest BCUT2D eigenvalue weighted by molar-refractivity contribution is 5.82. The van der Waals surface area contributed by atoms with Gasteiger partial charge >= 0.3 is 5.97 Å². The molecular formula is C9H14N2O2. The number of ether oxygens (including phenoxy) is 1. The molecule has 0 unspecified atom stereocenters. The van der Waals surface area contributed by atoms with E-state index in [-0.39, 0.29) is 5.97 Å². The zero-order valence-electron chi connectivity index (χ0n) is 7.99. The van der Waals surface area contributed by atoms with Gasteiger partial charge in [-0.2, -0.15) is 5.10 Å². The number of carbonyl (C=O) groups is 1. The Morgan fingerprint density at radius 2 is 2.54 bits per heavy atom. The molecule has 0 atom stereocenters. The number of carbonyl (C=O) groups excluding carboxylic acids is 1. The third-order valence-corrected chi connectivity index (χ3v) is 1.71. The average molecular weight is 182 g/mol. The molecule has 4 heteroatoms. The molecule has 1 aliphatic heterocycles. The summed E-state index contributed by atoms with van der Waals surface area (Å²) in [6.45, 7) is 4.89. The number of esters is 1. The summed E-state index contributed by atoms with van der Waals surface area (Å²) < 4.78 is 4.78. The summed E-state index contributed by atoms with van der Waals surface area (Å²) in [6, 6.07) is 0. The van der Waals surface area contributed by atoms with E-state index in [0.717, 1.165) is 18.7 Å². The van der Waals surface area contributed by atoms with Crippen molar-refractivity contribution < 1.29 is 9.53 Å². The number of allylic oxidation sites excluding steroid dienone is 1. The Bertz CT molecular complexity index is 246. The van der Waals surface area contributed by atoms with Gasteiger partial charge in [0.25, 0.3) is 0 Å². The molecule has 0 bridgehead atoms. The Morgan fingerprint density at radius 1 is 1.77 bits per heavy atom. The fourth-order valence-electron chi connectivity index (χ4n) is 1.09. The van der Waals surface area contributed by atoms with Gasteiger partial charge in [-0.05, 0) is 13.8 Å². The second-order valence-electron chi connectivity index (χ2n) is 2.75. The molecule has 72 valence electrons. The lowest BCUT2D eigenvalue weighted by molar-refractivity contribution is -0.137. The predicted octanol–water partition coefficient (Wildman–Crippen LogP) is 1.14. The minimum absolute atomic E-state index is 0.304. The SMILES string of the molecule is CCOC(=O)/C=C(\C)N1CCC=N1. The molecule has 0 spiro atoms. The van der Waals surface area contributed by atoms with Crippen LogP contribution in [0.25, 0.3) is 0 Å². The molecule has 0 aromatic heterocycles. The average Bonchev–Trinajstić information content (AvgIpc) is 2.55.